The van der Waals surface area contributed by atoms with E-state index in [1.807, 2.05) is 6.92 Å². The van der Waals surface area contributed by atoms with E-state index in [4.69, 9.17) is 4.74 Å². The van der Waals surface area contributed by atoms with E-state index in [-0.39, 0.29) is 37.6 Å². The highest BCUT2D eigenvalue weighted by Gasteiger charge is 2.63. The van der Waals surface area contributed by atoms with Crippen molar-refractivity contribution in [1.29, 1.82) is 0 Å². The lowest BCUT2D eigenvalue weighted by Crippen LogP contribution is -2.60. The van der Waals surface area contributed by atoms with E-state index >= 15 is 0 Å². The molecule has 1 fully saturated rings. The number of carbonyl (C=O) groups is 3. The summed E-state index contributed by atoms with van der Waals surface area (Å²) in [6.45, 7) is 5.67. The van der Waals surface area contributed by atoms with E-state index < -0.39 is 34.7 Å². The van der Waals surface area contributed by atoms with E-state index in [0.717, 1.165) is 19.3 Å². The zero-order valence-corrected chi connectivity index (χ0v) is 23.2. The standard InChI is InChI=1S/C31H48O6/c1-4-5-6-7-8-9-10-11-12-13-14-15-28(33)37-21-24-18-25-19-26(32)17-23(3)31(25,36)27-16-22(2)29(34)30(27,35)20-24/h16,18,23,25,27,35-36H,4-15,17,19-21H2,1-3H3. The molecule has 0 radical (unpaired) electrons. The first-order valence-corrected chi connectivity index (χ1v) is 14.7. The number of ether oxygens (including phenoxy) is 1. The Kier molecular flexibility index (Phi) is 10.7. The maximum atomic E-state index is 13.0. The highest BCUT2D eigenvalue weighted by molar-refractivity contribution is 6.05. The van der Waals surface area contributed by atoms with Crippen LogP contribution in [0, 0.1) is 17.8 Å². The summed E-state index contributed by atoms with van der Waals surface area (Å²) >= 11 is 0. The SMILES string of the molecule is CCCCCCCCCCCCCC(=O)OCC1=CC2CC(=O)CC(C)C2(O)C2C=C(C)C(=O)C2(O)C1. The summed E-state index contributed by atoms with van der Waals surface area (Å²) in [5, 5.41) is 23.4. The zero-order valence-electron chi connectivity index (χ0n) is 23.2. The molecule has 0 spiro atoms. The van der Waals surface area contributed by atoms with Crippen LogP contribution in [0.4, 0.5) is 0 Å². The fourth-order valence-electron chi connectivity index (χ4n) is 6.71. The van der Waals surface area contributed by atoms with Crippen LogP contribution in [0.25, 0.3) is 0 Å². The van der Waals surface area contributed by atoms with Crippen LogP contribution < -0.4 is 0 Å². The average molecular weight is 517 g/mol. The van der Waals surface area contributed by atoms with Crippen molar-refractivity contribution in [2.24, 2.45) is 17.8 Å². The van der Waals surface area contributed by atoms with E-state index in [0.29, 0.717) is 17.6 Å². The molecular formula is C31H48O6. The van der Waals surface area contributed by atoms with Crippen LogP contribution in [0.2, 0.25) is 0 Å². The van der Waals surface area contributed by atoms with Crippen LogP contribution in [0.15, 0.2) is 23.3 Å². The fraction of sp³-hybridized carbons (Fsp3) is 0.774. The first kappa shape index (κ1) is 29.8. The van der Waals surface area contributed by atoms with Gasteiger partial charge in [-0.05, 0) is 30.4 Å². The molecular weight excluding hydrogens is 468 g/mol. The van der Waals surface area contributed by atoms with Crippen LogP contribution >= 0.6 is 0 Å². The van der Waals surface area contributed by atoms with Crippen LogP contribution in [0.3, 0.4) is 0 Å². The van der Waals surface area contributed by atoms with Gasteiger partial charge in [0.2, 0.25) is 0 Å². The minimum Gasteiger partial charge on any atom is -0.461 e. The summed E-state index contributed by atoms with van der Waals surface area (Å²) in [5.41, 5.74) is -2.16. The Morgan fingerprint density at radius 1 is 0.946 bits per heavy atom. The van der Waals surface area contributed by atoms with Gasteiger partial charge in [0, 0.05) is 37.5 Å². The Labute approximate surface area is 222 Å². The van der Waals surface area contributed by atoms with E-state index in [9.17, 15) is 24.6 Å². The number of carbonyl (C=O) groups excluding carboxylic acids is 3. The fourth-order valence-corrected chi connectivity index (χ4v) is 6.71. The minimum atomic E-state index is -1.78. The molecule has 0 amide bonds. The molecule has 0 saturated heterocycles. The number of esters is 1. The second-order valence-corrected chi connectivity index (χ2v) is 11.9. The van der Waals surface area contributed by atoms with Crippen LogP contribution in [0.5, 0.6) is 0 Å². The topological polar surface area (TPSA) is 101 Å². The third-order valence-corrected chi connectivity index (χ3v) is 8.88. The number of Topliss-reactive ketones (excluding diaryl/α,β-unsaturated/α-hetero) is 2. The summed E-state index contributed by atoms with van der Waals surface area (Å²) in [6, 6.07) is 0. The second kappa shape index (κ2) is 13.3. The van der Waals surface area contributed by atoms with Gasteiger partial charge in [0.1, 0.15) is 18.0 Å². The van der Waals surface area contributed by atoms with Gasteiger partial charge in [0.25, 0.3) is 0 Å². The molecule has 0 bridgehead atoms. The van der Waals surface area contributed by atoms with Gasteiger partial charge in [-0.3, -0.25) is 14.4 Å². The van der Waals surface area contributed by atoms with E-state index in [1.165, 1.54) is 51.4 Å². The van der Waals surface area contributed by atoms with E-state index in [1.54, 1.807) is 19.1 Å². The van der Waals surface area contributed by atoms with Crippen LogP contribution in [-0.2, 0) is 19.1 Å². The molecule has 3 aliphatic rings. The monoisotopic (exact) mass is 516 g/mol. The summed E-state index contributed by atoms with van der Waals surface area (Å²) < 4.78 is 5.54. The second-order valence-electron chi connectivity index (χ2n) is 11.9. The number of fused-ring (bicyclic) bond motifs is 3. The third kappa shape index (κ3) is 7.00. The van der Waals surface area contributed by atoms with Gasteiger partial charge in [-0.2, -0.15) is 0 Å². The number of aliphatic hydroxyl groups is 2. The largest absolute Gasteiger partial charge is 0.461 e. The molecule has 0 aromatic carbocycles. The summed E-state index contributed by atoms with van der Waals surface area (Å²) in [7, 11) is 0. The number of ketones is 2. The molecule has 0 heterocycles. The van der Waals surface area contributed by atoms with Gasteiger partial charge in [-0.1, -0.05) is 90.2 Å². The summed E-state index contributed by atoms with van der Waals surface area (Å²) in [6.07, 6.45) is 17.5. The minimum absolute atomic E-state index is 0.00418. The number of unbranched alkanes of at least 4 members (excludes halogenated alkanes) is 10. The molecule has 1 saturated carbocycles. The molecule has 0 aliphatic heterocycles. The Hall–Kier alpha value is -1.79. The van der Waals surface area contributed by atoms with Crippen molar-refractivity contribution in [3.8, 4) is 0 Å². The molecule has 3 aliphatic carbocycles. The molecule has 6 heteroatoms. The molecule has 5 unspecified atom stereocenters. The summed E-state index contributed by atoms with van der Waals surface area (Å²) in [5.74, 6) is -2.35. The van der Waals surface area contributed by atoms with Gasteiger partial charge >= 0.3 is 5.97 Å². The Morgan fingerprint density at radius 2 is 1.54 bits per heavy atom. The predicted octanol–water partition coefficient (Wildman–Crippen LogP) is 5.78. The van der Waals surface area contributed by atoms with Crippen molar-refractivity contribution in [3.05, 3.63) is 23.3 Å². The van der Waals surface area contributed by atoms with Crippen LogP contribution in [0.1, 0.15) is 117 Å². The maximum absolute atomic E-state index is 13.0. The van der Waals surface area contributed by atoms with Crippen molar-refractivity contribution in [2.45, 2.75) is 128 Å². The average Bonchev–Trinajstić information content (AvgIpc) is 3.02. The molecule has 5 atom stereocenters. The molecule has 3 rings (SSSR count). The Balaban J connectivity index is 1.48. The van der Waals surface area contributed by atoms with Gasteiger partial charge < -0.3 is 14.9 Å². The van der Waals surface area contributed by atoms with Gasteiger partial charge in [0.05, 0.1) is 5.60 Å². The molecule has 2 N–H and O–H groups in total. The van der Waals surface area contributed by atoms with Crippen molar-refractivity contribution in [3.63, 3.8) is 0 Å². The molecule has 37 heavy (non-hydrogen) atoms. The lowest BCUT2D eigenvalue weighted by Gasteiger charge is -2.48. The first-order chi connectivity index (χ1) is 17.6. The smallest absolute Gasteiger partial charge is 0.306 e. The number of hydrogen-bond donors (Lipinski definition) is 2. The van der Waals surface area contributed by atoms with Gasteiger partial charge in [0.15, 0.2) is 5.78 Å². The predicted molar refractivity (Wildman–Crippen MR) is 144 cm³/mol. The summed E-state index contributed by atoms with van der Waals surface area (Å²) in [4.78, 5) is 37.8. The number of rotatable bonds is 14. The Bertz CT molecular complexity index is 888. The highest BCUT2D eigenvalue weighted by Crippen LogP contribution is 2.54. The van der Waals surface area contributed by atoms with Crippen LogP contribution in [-0.4, -0.2) is 45.6 Å². The molecule has 208 valence electrons. The molecule has 0 aromatic heterocycles. The lowest BCUT2D eigenvalue weighted by atomic mass is 9.60. The van der Waals surface area contributed by atoms with Crippen molar-refractivity contribution in [1.82, 2.24) is 0 Å². The van der Waals surface area contributed by atoms with Crippen molar-refractivity contribution in [2.75, 3.05) is 6.61 Å². The third-order valence-electron chi connectivity index (χ3n) is 8.88. The first-order valence-electron chi connectivity index (χ1n) is 14.7. The number of hydrogen-bond acceptors (Lipinski definition) is 6. The normalized spacial score (nSPS) is 31.3. The molecule has 0 aromatic rings. The quantitative estimate of drug-likeness (QED) is 0.172. The highest BCUT2D eigenvalue weighted by atomic mass is 16.5. The zero-order chi connectivity index (χ0) is 27.1. The molecule has 6 nitrogen and oxygen atoms in total. The van der Waals surface area contributed by atoms with Crippen molar-refractivity contribution < 1.29 is 29.3 Å². The van der Waals surface area contributed by atoms with Gasteiger partial charge in [-0.15, -0.1) is 0 Å². The van der Waals surface area contributed by atoms with Crippen molar-refractivity contribution >= 4 is 17.5 Å². The lowest BCUT2D eigenvalue weighted by molar-refractivity contribution is -0.170. The van der Waals surface area contributed by atoms with Gasteiger partial charge in [-0.25, -0.2) is 0 Å². The Morgan fingerprint density at radius 3 is 2.16 bits per heavy atom. The maximum Gasteiger partial charge on any atom is 0.306 e. The van der Waals surface area contributed by atoms with E-state index in [2.05, 4.69) is 6.92 Å².